The van der Waals surface area contributed by atoms with Crippen molar-refractivity contribution in [3.63, 3.8) is 0 Å². The summed E-state index contributed by atoms with van der Waals surface area (Å²) in [4.78, 5) is 17.3. The molecule has 1 spiro atoms. The summed E-state index contributed by atoms with van der Waals surface area (Å²) < 4.78 is 1.68. The highest BCUT2D eigenvalue weighted by Gasteiger charge is 2.50. The molecule has 1 saturated heterocycles. The van der Waals surface area contributed by atoms with Gasteiger partial charge in [0.25, 0.3) is 0 Å². The van der Waals surface area contributed by atoms with Crippen LogP contribution in [0.25, 0.3) is 0 Å². The second-order valence-corrected chi connectivity index (χ2v) is 9.28. The van der Waals surface area contributed by atoms with Crippen molar-refractivity contribution in [1.29, 1.82) is 0 Å². The zero-order chi connectivity index (χ0) is 21.5. The summed E-state index contributed by atoms with van der Waals surface area (Å²) in [5, 5.41) is 27.4. The van der Waals surface area contributed by atoms with Crippen molar-refractivity contribution in [3.8, 4) is 0 Å². The van der Waals surface area contributed by atoms with Crippen LogP contribution in [0.15, 0.2) is 24.4 Å². The van der Waals surface area contributed by atoms with Crippen molar-refractivity contribution in [2.75, 3.05) is 38.3 Å². The van der Waals surface area contributed by atoms with Gasteiger partial charge >= 0.3 is 0 Å². The molecule has 1 aromatic heterocycles. The number of carbonyl (C=O) groups excluding carboxylic acids is 1. The Morgan fingerprint density at radius 3 is 2.57 bits per heavy atom. The highest BCUT2D eigenvalue weighted by Crippen LogP contribution is 2.47. The van der Waals surface area contributed by atoms with Gasteiger partial charge in [-0.05, 0) is 44.5 Å². The lowest BCUT2D eigenvalue weighted by molar-refractivity contribution is -0.124. The lowest BCUT2D eigenvalue weighted by Gasteiger charge is -2.38. The van der Waals surface area contributed by atoms with Crippen molar-refractivity contribution >= 4 is 11.6 Å². The Labute approximate surface area is 177 Å². The number of carbonyl (C=O) groups is 1. The number of likely N-dealkylation sites (N-methyl/N-ethyl adjacent to an activating group) is 1. The highest BCUT2D eigenvalue weighted by atomic mass is 16.3. The second-order valence-electron chi connectivity index (χ2n) is 9.28. The first kappa shape index (κ1) is 21.0. The minimum absolute atomic E-state index is 0.115. The van der Waals surface area contributed by atoms with E-state index in [1.54, 1.807) is 4.68 Å². The van der Waals surface area contributed by atoms with Gasteiger partial charge in [0.2, 0.25) is 5.91 Å². The number of benzene rings is 1. The fraction of sp³-hybridized carbons (Fsp3) is 0.591. The quantitative estimate of drug-likeness (QED) is 0.736. The molecule has 30 heavy (non-hydrogen) atoms. The number of aliphatic hydroxyl groups is 2. The van der Waals surface area contributed by atoms with Crippen molar-refractivity contribution in [3.05, 3.63) is 41.2 Å². The van der Waals surface area contributed by atoms with Gasteiger partial charge in [0.1, 0.15) is 0 Å². The number of rotatable bonds is 6. The van der Waals surface area contributed by atoms with Gasteiger partial charge in [0, 0.05) is 30.9 Å². The van der Waals surface area contributed by atoms with Crippen LogP contribution in [0.3, 0.4) is 0 Å². The fourth-order valence-electron chi connectivity index (χ4n) is 4.71. The predicted molar refractivity (Wildman–Crippen MR) is 113 cm³/mol. The van der Waals surface area contributed by atoms with Crippen molar-refractivity contribution in [1.82, 2.24) is 19.9 Å². The number of fused-ring (bicyclic) bond motifs is 2. The molecule has 0 saturated carbocycles. The molecular weight excluding hydrogens is 382 g/mol. The fourth-order valence-corrected chi connectivity index (χ4v) is 4.71. The molecular formula is C22H31N5O3. The molecule has 0 aliphatic carbocycles. The largest absolute Gasteiger partial charge is 0.396 e. The summed E-state index contributed by atoms with van der Waals surface area (Å²) in [6.07, 6.45) is 3.48. The minimum Gasteiger partial charge on any atom is -0.396 e. The van der Waals surface area contributed by atoms with E-state index >= 15 is 0 Å². The molecule has 8 heteroatoms. The van der Waals surface area contributed by atoms with Gasteiger partial charge in [-0.25, -0.2) is 0 Å². The number of piperidine rings is 1. The standard InChI is InChI=1S/C22H31N5O3/c1-16-4-5-19-18(10-16)22(20(30)25(19)3)6-8-26(9-7-22)11-17-12-27(24-23-17)13-21(2,14-28)15-29/h4-5,10,12,28-29H,6-9,11,13-15H2,1-3H3. The van der Waals surface area contributed by atoms with Gasteiger partial charge in [-0.15, -0.1) is 5.10 Å². The molecule has 0 bridgehead atoms. The maximum absolute atomic E-state index is 13.1. The minimum atomic E-state index is -0.622. The van der Waals surface area contributed by atoms with E-state index in [2.05, 4.69) is 40.3 Å². The Balaban J connectivity index is 1.43. The Morgan fingerprint density at radius 2 is 1.90 bits per heavy atom. The van der Waals surface area contributed by atoms with Crippen LogP contribution < -0.4 is 4.90 Å². The third-order valence-electron chi connectivity index (χ3n) is 6.73. The summed E-state index contributed by atoms with van der Waals surface area (Å²) in [5.74, 6) is 0.209. The first-order valence-corrected chi connectivity index (χ1v) is 10.5. The van der Waals surface area contributed by atoms with Gasteiger partial charge < -0.3 is 15.1 Å². The summed E-state index contributed by atoms with van der Waals surface area (Å²) >= 11 is 0. The molecule has 8 nitrogen and oxygen atoms in total. The number of aryl methyl sites for hydroxylation is 1. The third-order valence-corrected chi connectivity index (χ3v) is 6.73. The number of hydrogen-bond acceptors (Lipinski definition) is 6. The van der Waals surface area contributed by atoms with E-state index in [1.807, 2.05) is 25.1 Å². The Bertz CT molecular complexity index is 929. The molecule has 0 radical (unpaired) electrons. The van der Waals surface area contributed by atoms with E-state index < -0.39 is 10.8 Å². The Kier molecular flexibility index (Phi) is 5.42. The summed E-state index contributed by atoms with van der Waals surface area (Å²) in [6.45, 7) is 6.40. The van der Waals surface area contributed by atoms with Gasteiger partial charge in [-0.1, -0.05) is 29.8 Å². The van der Waals surface area contributed by atoms with Crippen molar-refractivity contribution < 1.29 is 15.0 Å². The number of aromatic nitrogens is 3. The van der Waals surface area contributed by atoms with Gasteiger partial charge in [0.15, 0.2) is 0 Å². The molecule has 1 amide bonds. The number of amides is 1. The second kappa shape index (κ2) is 7.76. The van der Waals surface area contributed by atoms with Gasteiger partial charge in [-0.2, -0.15) is 0 Å². The first-order chi connectivity index (χ1) is 14.3. The number of hydrogen-bond donors (Lipinski definition) is 2. The zero-order valence-corrected chi connectivity index (χ0v) is 18.0. The van der Waals surface area contributed by atoms with Crippen molar-refractivity contribution in [2.45, 2.75) is 45.2 Å². The highest BCUT2D eigenvalue weighted by molar-refractivity contribution is 6.07. The Morgan fingerprint density at radius 1 is 1.20 bits per heavy atom. The molecule has 2 aliphatic heterocycles. The smallest absolute Gasteiger partial charge is 0.237 e. The zero-order valence-electron chi connectivity index (χ0n) is 18.0. The molecule has 2 aliphatic rings. The van der Waals surface area contributed by atoms with Crippen LogP contribution in [0, 0.1) is 12.3 Å². The van der Waals surface area contributed by atoms with Crippen LogP contribution in [-0.4, -0.2) is 69.4 Å². The lowest BCUT2D eigenvalue weighted by atomic mass is 9.73. The van der Waals surface area contributed by atoms with E-state index in [-0.39, 0.29) is 19.1 Å². The molecule has 2 aromatic rings. The molecule has 2 N–H and O–H groups in total. The van der Waals surface area contributed by atoms with Crippen LogP contribution in [0.5, 0.6) is 0 Å². The van der Waals surface area contributed by atoms with E-state index in [9.17, 15) is 15.0 Å². The average Bonchev–Trinajstić information content (AvgIpc) is 3.26. The lowest BCUT2D eigenvalue weighted by Crippen LogP contribution is -2.47. The summed E-state index contributed by atoms with van der Waals surface area (Å²) in [6, 6.07) is 6.31. The first-order valence-electron chi connectivity index (χ1n) is 10.5. The maximum atomic E-state index is 13.1. The SMILES string of the molecule is Cc1ccc2c(c1)C1(CCN(Cc3cn(CC(C)(CO)CO)nn3)CC1)C(=O)N2C. The summed E-state index contributed by atoms with van der Waals surface area (Å²) in [7, 11) is 1.88. The number of nitrogens with zero attached hydrogens (tertiary/aromatic N) is 5. The van der Waals surface area contributed by atoms with Gasteiger partial charge in [0.05, 0.1) is 30.9 Å². The monoisotopic (exact) mass is 413 g/mol. The topological polar surface area (TPSA) is 94.7 Å². The van der Waals surface area contributed by atoms with Crippen molar-refractivity contribution in [2.24, 2.45) is 5.41 Å². The molecule has 0 atom stereocenters. The van der Waals surface area contributed by atoms with Gasteiger partial charge in [-0.3, -0.25) is 14.4 Å². The van der Waals surface area contributed by atoms with E-state index in [0.29, 0.717) is 13.1 Å². The van der Waals surface area contributed by atoms with Crippen LogP contribution in [0.1, 0.15) is 36.6 Å². The van der Waals surface area contributed by atoms with Crippen LogP contribution >= 0.6 is 0 Å². The average molecular weight is 414 g/mol. The van der Waals surface area contributed by atoms with E-state index in [0.717, 1.165) is 37.3 Å². The van der Waals surface area contributed by atoms with Crippen LogP contribution in [0.4, 0.5) is 5.69 Å². The molecule has 0 unspecified atom stereocenters. The number of aliphatic hydroxyl groups excluding tert-OH is 2. The molecule has 4 rings (SSSR count). The van der Waals surface area contributed by atoms with E-state index in [1.165, 1.54) is 11.1 Å². The number of anilines is 1. The van der Waals surface area contributed by atoms with E-state index in [4.69, 9.17) is 0 Å². The normalized spacial score (nSPS) is 19.0. The third kappa shape index (κ3) is 3.53. The predicted octanol–water partition coefficient (Wildman–Crippen LogP) is 1.09. The van der Waals surface area contributed by atoms with Crippen LogP contribution in [-0.2, 0) is 23.3 Å². The molecule has 162 valence electrons. The molecule has 1 fully saturated rings. The maximum Gasteiger partial charge on any atom is 0.237 e. The molecule has 1 aromatic carbocycles. The molecule has 3 heterocycles. The number of likely N-dealkylation sites (tertiary alicyclic amines) is 1. The summed E-state index contributed by atoms with van der Waals surface area (Å²) in [5.41, 5.74) is 3.23. The van der Waals surface area contributed by atoms with Crippen LogP contribution in [0.2, 0.25) is 0 Å². The Hall–Kier alpha value is -2.29.